The molecule has 1 aromatic rings. The fourth-order valence-corrected chi connectivity index (χ4v) is 1.51. The Morgan fingerprint density at radius 2 is 1.95 bits per heavy atom. The van der Waals surface area contributed by atoms with Gasteiger partial charge >= 0.3 is 0 Å². The van der Waals surface area contributed by atoms with E-state index in [1.165, 1.54) is 6.92 Å². The zero-order chi connectivity index (χ0) is 17.4. The molecular formula is C18H27NO3. The summed E-state index contributed by atoms with van der Waals surface area (Å²) in [6.07, 6.45) is 3.70. The molecule has 0 heterocycles. The van der Waals surface area contributed by atoms with Gasteiger partial charge < -0.3 is 14.8 Å². The van der Waals surface area contributed by atoms with E-state index >= 15 is 0 Å². The molecule has 0 unspecified atom stereocenters. The number of hydrogen-bond acceptors (Lipinski definition) is 4. The van der Waals surface area contributed by atoms with Gasteiger partial charge in [0.1, 0.15) is 18.6 Å². The molecule has 4 heteroatoms. The summed E-state index contributed by atoms with van der Waals surface area (Å²) in [6.45, 7) is 13.2. The van der Waals surface area contributed by atoms with Crippen LogP contribution >= 0.6 is 0 Å². The van der Waals surface area contributed by atoms with E-state index in [0.717, 1.165) is 23.3 Å². The lowest BCUT2D eigenvalue weighted by Gasteiger charge is -2.09. The first-order valence-electron chi connectivity index (χ1n) is 7.02. The number of aryl methyl sites for hydroxylation is 1. The van der Waals surface area contributed by atoms with E-state index in [2.05, 4.69) is 25.1 Å². The fourth-order valence-electron chi connectivity index (χ4n) is 1.51. The van der Waals surface area contributed by atoms with E-state index in [1.807, 2.05) is 32.2 Å². The zero-order valence-electron chi connectivity index (χ0n) is 13.9. The van der Waals surface area contributed by atoms with Crippen molar-refractivity contribution in [1.29, 1.82) is 0 Å². The quantitative estimate of drug-likeness (QED) is 0.612. The van der Waals surface area contributed by atoms with E-state index in [-0.39, 0.29) is 12.4 Å². The average Bonchev–Trinajstić information content (AvgIpc) is 2.53. The normalized spacial score (nSPS) is 8.32. The first-order chi connectivity index (χ1) is 10.6. The highest BCUT2D eigenvalue weighted by molar-refractivity contribution is 5.80. The Morgan fingerprint density at radius 1 is 1.36 bits per heavy atom. The van der Waals surface area contributed by atoms with Crippen molar-refractivity contribution in [2.24, 2.45) is 0 Å². The van der Waals surface area contributed by atoms with Crippen LogP contribution in [0.5, 0.6) is 5.75 Å². The topological polar surface area (TPSA) is 55.4 Å². The predicted molar refractivity (Wildman–Crippen MR) is 93.7 cm³/mol. The van der Waals surface area contributed by atoms with Crippen LogP contribution < -0.4 is 10.1 Å². The Kier molecular flexibility index (Phi) is 15.0. The van der Waals surface area contributed by atoms with Crippen LogP contribution in [0.2, 0.25) is 0 Å². The standard InChI is InChI=1S/C14H19NO2.C2H4O.C2H4/c1-4-5-6-12(16)10-17-13-7-8-14(15-3)11(2)9-13;1-2-3;1-2/h4,7-9,15H,1,5-6,10H2,2-3H3;2H,1H3;1-2H2. The lowest BCUT2D eigenvalue weighted by molar-refractivity contribution is -0.121. The molecule has 4 nitrogen and oxygen atoms in total. The van der Waals surface area contributed by atoms with Crippen LogP contribution in [-0.4, -0.2) is 25.7 Å². The van der Waals surface area contributed by atoms with Crippen LogP contribution in [0.15, 0.2) is 44.0 Å². The van der Waals surface area contributed by atoms with Crippen LogP contribution in [0.25, 0.3) is 0 Å². The van der Waals surface area contributed by atoms with Crippen molar-refractivity contribution >= 4 is 17.8 Å². The van der Waals surface area contributed by atoms with E-state index in [0.29, 0.717) is 12.8 Å². The molecule has 0 radical (unpaired) electrons. The number of carbonyl (C=O) groups excluding carboxylic acids is 2. The van der Waals surface area contributed by atoms with Gasteiger partial charge in [0.2, 0.25) is 0 Å². The lowest BCUT2D eigenvalue weighted by Crippen LogP contribution is -2.10. The van der Waals surface area contributed by atoms with Crippen LogP contribution in [0.3, 0.4) is 0 Å². The Bertz CT molecular complexity index is 456. The minimum absolute atomic E-state index is 0.0975. The molecule has 22 heavy (non-hydrogen) atoms. The number of rotatable bonds is 7. The smallest absolute Gasteiger partial charge is 0.170 e. The summed E-state index contributed by atoms with van der Waals surface area (Å²) >= 11 is 0. The van der Waals surface area contributed by atoms with Crippen LogP contribution in [0.4, 0.5) is 5.69 Å². The number of aldehydes is 1. The summed E-state index contributed by atoms with van der Waals surface area (Å²) < 4.78 is 5.43. The number of allylic oxidation sites excluding steroid dienone is 1. The van der Waals surface area contributed by atoms with Crippen LogP contribution in [0.1, 0.15) is 25.3 Å². The molecule has 0 aliphatic heterocycles. The Hall–Kier alpha value is -2.36. The van der Waals surface area contributed by atoms with Gasteiger partial charge in [0.15, 0.2) is 5.78 Å². The van der Waals surface area contributed by atoms with Crippen molar-refractivity contribution in [3.63, 3.8) is 0 Å². The molecular weight excluding hydrogens is 278 g/mol. The molecule has 0 fully saturated rings. The largest absolute Gasteiger partial charge is 0.486 e. The van der Waals surface area contributed by atoms with Gasteiger partial charge in [0, 0.05) is 19.2 Å². The maximum absolute atomic E-state index is 11.4. The van der Waals surface area contributed by atoms with E-state index in [4.69, 9.17) is 9.53 Å². The van der Waals surface area contributed by atoms with Gasteiger partial charge in [-0.15, -0.1) is 19.7 Å². The second-order valence-corrected chi connectivity index (χ2v) is 4.12. The van der Waals surface area contributed by atoms with Crippen molar-refractivity contribution in [2.75, 3.05) is 19.0 Å². The molecule has 1 aromatic carbocycles. The van der Waals surface area contributed by atoms with Gasteiger partial charge in [0.05, 0.1) is 0 Å². The molecule has 0 amide bonds. The Balaban J connectivity index is 0. The molecule has 0 aromatic heterocycles. The van der Waals surface area contributed by atoms with Crippen molar-refractivity contribution in [3.05, 3.63) is 49.6 Å². The average molecular weight is 305 g/mol. The minimum Gasteiger partial charge on any atom is -0.486 e. The predicted octanol–water partition coefficient (Wildman–Crippen LogP) is 3.96. The van der Waals surface area contributed by atoms with Crippen molar-refractivity contribution < 1.29 is 14.3 Å². The van der Waals surface area contributed by atoms with Crippen molar-refractivity contribution in [2.45, 2.75) is 26.7 Å². The number of ether oxygens (including phenoxy) is 1. The van der Waals surface area contributed by atoms with Crippen LogP contribution in [-0.2, 0) is 9.59 Å². The number of nitrogens with one attached hydrogen (secondary N) is 1. The molecule has 0 saturated carbocycles. The van der Waals surface area contributed by atoms with E-state index in [1.54, 1.807) is 6.08 Å². The van der Waals surface area contributed by atoms with Gasteiger partial charge in [-0.1, -0.05) is 6.08 Å². The van der Waals surface area contributed by atoms with E-state index < -0.39 is 0 Å². The number of ketones is 1. The molecule has 0 spiro atoms. The maximum atomic E-state index is 11.4. The molecule has 0 bridgehead atoms. The van der Waals surface area contributed by atoms with Crippen molar-refractivity contribution in [1.82, 2.24) is 0 Å². The first-order valence-corrected chi connectivity index (χ1v) is 7.02. The Morgan fingerprint density at radius 3 is 2.41 bits per heavy atom. The summed E-state index contributed by atoms with van der Waals surface area (Å²) in [5.74, 6) is 0.827. The van der Waals surface area contributed by atoms with E-state index in [9.17, 15) is 4.79 Å². The van der Waals surface area contributed by atoms with Gasteiger partial charge in [-0.3, -0.25) is 4.79 Å². The molecule has 0 saturated heterocycles. The fraction of sp³-hybridized carbons (Fsp3) is 0.333. The SMILES string of the molecule is C=C.C=CCCC(=O)COc1ccc(NC)c(C)c1.CC=O. The summed E-state index contributed by atoms with van der Waals surface area (Å²) in [6, 6.07) is 5.73. The summed E-state index contributed by atoms with van der Waals surface area (Å²) in [5, 5.41) is 3.08. The first kappa shape index (κ1) is 21.9. The van der Waals surface area contributed by atoms with Crippen LogP contribution in [0, 0.1) is 6.92 Å². The van der Waals surface area contributed by atoms with Gasteiger partial charge in [0.25, 0.3) is 0 Å². The number of carbonyl (C=O) groups is 2. The third-order valence-corrected chi connectivity index (χ3v) is 2.49. The number of hydrogen-bond donors (Lipinski definition) is 1. The maximum Gasteiger partial charge on any atom is 0.170 e. The summed E-state index contributed by atoms with van der Waals surface area (Å²) in [4.78, 5) is 20.2. The highest BCUT2D eigenvalue weighted by atomic mass is 16.5. The lowest BCUT2D eigenvalue weighted by atomic mass is 10.2. The second-order valence-electron chi connectivity index (χ2n) is 4.12. The highest BCUT2D eigenvalue weighted by Gasteiger charge is 2.03. The monoisotopic (exact) mass is 305 g/mol. The molecule has 0 aliphatic carbocycles. The zero-order valence-corrected chi connectivity index (χ0v) is 13.9. The molecule has 122 valence electrons. The third-order valence-electron chi connectivity index (χ3n) is 2.49. The molecule has 0 aliphatic rings. The van der Waals surface area contributed by atoms with Gasteiger partial charge in [-0.05, 0) is 44.0 Å². The number of benzene rings is 1. The minimum atomic E-state index is 0.0975. The summed E-state index contributed by atoms with van der Waals surface area (Å²) in [5.41, 5.74) is 2.17. The third kappa shape index (κ3) is 10.4. The van der Waals surface area contributed by atoms with Crippen molar-refractivity contribution in [3.8, 4) is 5.75 Å². The molecule has 1 N–H and O–H groups in total. The van der Waals surface area contributed by atoms with Gasteiger partial charge in [-0.2, -0.15) is 0 Å². The number of Topliss-reactive ketones (excluding diaryl/α,β-unsaturated/α-hetero) is 1. The second kappa shape index (κ2) is 15.0. The summed E-state index contributed by atoms with van der Waals surface area (Å²) in [7, 11) is 1.88. The molecule has 1 rings (SSSR count). The molecule has 0 atom stereocenters. The highest BCUT2D eigenvalue weighted by Crippen LogP contribution is 2.20. The van der Waals surface area contributed by atoms with Gasteiger partial charge in [-0.25, -0.2) is 0 Å². The Labute approximate surface area is 133 Å². The number of anilines is 1.